The van der Waals surface area contributed by atoms with E-state index in [2.05, 4.69) is 15.0 Å². The smallest absolute Gasteiger partial charge is 0.418 e. The highest BCUT2D eigenvalue weighted by molar-refractivity contribution is 5.95. The Bertz CT molecular complexity index is 1240. The first kappa shape index (κ1) is 20.3. The lowest BCUT2D eigenvalue weighted by Crippen LogP contribution is -2.22. The normalized spacial score (nSPS) is 11.6. The van der Waals surface area contributed by atoms with Crippen LogP contribution in [-0.4, -0.2) is 20.9 Å². The number of benzene rings is 2. The number of aromatic nitrogens is 3. The van der Waals surface area contributed by atoms with Gasteiger partial charge in [-0.05, 0) is 38.1 Å². The van der Waals surface area contributed by atoms with E-state index >= 15 is 0 Å². The number of alkyl halides is 3. The molecule has 1 amide bonds. The summed E-state index contributed by atoms with van der Waals surface area (Å²) in [4.78, 5) is 25.6. The fourth-order valence-corrected chi connectivity index (χ4v) is 3.32. The second kappa shape index (κ2) is 7.38. The SMILES string of the molecule is Cc1nc(N(c2nc3ccccc3o2)c2ccccc2C(F)(F)F)nc(C)c1C(N)=O. The molecule has 4 rings (SSSR count). The first-order valence-electron chi connectivity index (χ1n) is 9.14. The molecule has 10 heteroatoms. The van der Waals surface area contributed by atoms with Gasteiger partial charge in [0.15, 0.2) is 5.58 Å². The van der Waals surface area contributed by atoms with Gasteiger partial charge < -0.3 is 10.2 Å². The summed E-state index contributed by atoms with van der Waals surface area (Å²) in [5.74, 6) is -0.867. The number of amides is 1. The van der Waals surface area contributed by atoms with Gasteiger partial charge >= 0.3 is 12.2 Å². The number of hydrogen-bond acceptors (Lipinski definition) is 6. The van der Waals surface area contributed by atoms with Crippen molar-refractivity contribution in [1.29, 1.82) is 0 Å². The number of carbonyl (C=O) groups is 1. The van der Waals surface area contributed by atoms with Crippen LogP contribution >= 0.6 is 0 Å². The van der Waals surface area contributed by atoms with E-state index in [0.717, 1.165) is 11.0 Å². The summed E-state index contributed by atoms with van der Waals surface area (Å²) in [6, 6.07) is 11.6. The van der Waals surface area contributed by atoms with Gasteiger partial charge in [0.05, 0.1) is 28.2 Å². The van der Waals surface area contributed by atoms with Crippen LogP contribution in [0.5, 0.6) is 0 Å². The largest absolute Gasteiger partial charge is 0.423 e. The van der Waals surface area contributed by atoms with Crippen molar-refractivity contribution >= 4 is 34.7 Å². The van der Waals surface area contributed by atoms with Gasteiger partial charge in [-0.25, -0.2) is 14.9 Å². The van der Waals surface area contributed by atoms with Crippen LogP contribution in [0, 0.1) is 13.8 Å². The molecular weight excluding hydrogens is 411 g/mol. The van der Waals surface area contributed by atoms with Crippen molar-refractivity contribution in [2.45, 2.75) is 20.0 Å². The number of oxazole rings is 1. The lowest BCUT2D eigenvalue weighted by molar-refractivity contribution is -0.137. The van der Waals surface area contributed by atoms with Crippen molar-refractivity contribution < 1.29 is 22.4 Å². The number of halogens is 3. The van der Waals surface area contributed by atoms with Gasteiger partial charge in [0.2, 0.25) is 5.95 Å². The third-order valence-corrected chi connectivity index (χ3v) is 4.63. The molecule has 7 nitrogen and oxygen atoms in total. The number of hydrogen-bond donors (Lipinski definition) is 1. The van der Waals surface area contributed by atoms with E-state index in [1.54, 1.807) is 24.3 Å². The third-order valence-electron chi connectivity index (χ3n) is 4.63. The van der Waals surface area contributed by atoms with E-state index in [9.17, 15) is 18.0 Å². The number of para-hydroxylation sites is 3. The fraction of sp³-hybridized carbons (Fsp3) is 0.143. The first-order valence-corrected chi connectivity index (χ1v) is 9.14. The second-order valence-corrected chi connectivity index (χ2v) is 6.75. The molecule has 2 N–H and O–H groups in total. The highest BCUT2D eigenvalue weighted by Crippen LogP contribution is 2.42. The van der Waals surface area contributed by atoms with Crippen LogP contribution in [0.25, 0.3) is 11.1 Å². The number of nitrogens with two attached hydrogens (primary N) is 1. The minimum atomic E-state index is -4.65. The monoisotopic (exact) mass is 427 g/mol. The molecular formula is C21H16F3N5O2. The van der Waals surface area contributed by atoms with E-state index in [1.165, 1.54) is 32.0 Å². The van der Waals surface area contributed by atoms with E-state index in [-0.39, 0.29) is 34.6 Å². The van der Waals surface area contributed by atoms with Gasteiger partial charge in [0.1, 0.15) is 5.52 Å². The zero-order valence-corrected chi connectivity index (χ0v) is 16.4. The van der Waals surface area contributed by atoms with E-state index in [1.807, 2.05) is 0 Å². The zero-order valence-electron chi connectivity index (χ0n) is 16.4. The fourth-order valence-electron chi connectivity index (χ4n) is 3.32. The zero-order chi connectivity index (χ0) is 22.3. The van der Waals surface area contributed by atoms with E-state index in [4.69, 9.17) is 10.2 Å². The maximum atomic E-state index is 13.8. The minimum absolute atomic E-state index is 0.102. The van der Waals surface area contributed by atoms with Crippen LogP contribution < -0.4 is 10.6 Å². The van der Waals surface area contributed by atoms with Crippen LogP contribution in [0.1, 0.15) is 27.3 Å². The molecule has 31 heavy (non-hydrogen) atoms. The molecule has 0 aliphatic carbocycles. The second-order valence-electron chi connectivity index (χ2n) is 6.75. The maximum absolute atomic E-state index is 13.8. The molecule has 0 radical (unpaired) electrons. The summed E-state index contributed by atoms with van der Waals surface area (Å²) in [6.07, 6.45) is -4.65. The van der Waals surface area contributed by atoms with Gasteiger partial charge in [-0.1, -0.05) is 24.3 Å². The van der Waals surface area contributed by atoms with Gasteiger partial charge in [0, 0.05) is 0 Å². The lowest BCUT2D eigenvalue weighted by atomic mass is 10.1. The molecule has 2 heterocycles. The Morgan fingerprint density at radius 3 is 2.19 bits per heavy atom. The Morgan fingerprint density at radius 2 is 1.58 bits per heavy atom. The summed E-state index contributed by atoms with van der Waals surface area (Å²) < 4.78 is 47.1. The average molecular weight is 427 g/mol. The van der Waals surface area contributed by atoms with Gasteiger partial charge in [-0.15, -0.1) is 0 Å². The molecule has 158 valence electrons. The molecule has 0 saturated carbocycles. The van der Waals surface area contributed by atoms with Crippen molar-refractivity contribution in [3.63, 3.8) is 0 Å². The molecule has 0 fully saturated rings. The van der Waals surface area contributed by atoms with E-state index in [0.29, 0.717) is 11.1 Å². The molecule has 0 aliphatic rings. The van der Waals surface area contributed by atoms with Crippen molar-refractivity contribution in [3.05, 3.63) is 71.0 Å². The molecule has 0 bridgehead atoms. The summed E-state index contributed by atoms with van der Waals surface area (Å²) in [5, 5.41) is 0. The number of nitrogens with zero attached hydrogens (tertiary/aromatic N) is 4. The summed E-state index contributed by atoms with van der Waals surface area (Å²) in [6.45, 7) is 3.05. The quantitative estimate of drug-likeness (QED) is 0.501. The van der Waals surface area contributed by atoms with Crippen molar-refractivity contribution in [2.75, 3.05) is 4.90 Å². The highest BCUT2D eigenvalue weighted by Gasteiger charge is 2.37. The highest BCUT2D eigenvalue weighted by atomic mass is 19.4. The molecule has 2 aromatic carbocycles. The summed E-state index contributed by atoms with van der Waals surface area (Å²) in [5.41, 5.74) is 5.58. The van der Waals surface area contributed by atoms with Crippen LogP contribution in [0.15, 0.2) is 52.9 Å². The predicted octanol–water partition coefficient (Wildman–Crippen LogP) is 4.82. The van der Waals surface area contributed by atoms with E-state index < -0.39 is 17.6 Å². The number of aryl methyl sites for hydroxylation is 2. The standard InChI is InChI=1S/C21H16F3N5O2/c1-11-17(18(25)30)12(2)27-19(26-11)29(15-9-5-3-7-13(15)21(22,23)24)20-28-14-8-4-6-10-16(14)31-20/h3-10H,1-2H3,(H2,25,30). The van der Waals surface area contributed by atoms with Crippen molar-refractivity contribution in [1.82, 2.24) is 15.0 Å². The molecule has 0 saturated heterocycles. The average Bonchev–Trinajstić information content (AvgIpc) is 3.10. The molecule has 0 aliphatic heterocycles. The molecule has 0 atom stereocenters. The Labute approximate surface area is 174 Å². The predicted molar refractivity (Wildman–Crippen MR) is 107 cm³/mol. The van der Waals surface area contributed by atoms with Gasteiger partial charge in [-0.3, -0.25) is 4.79 Å². The van der Waals surface area contributed by atoms with Gasteiger partial charge in [-0.2, -0.15) is 18.2 Å². The van der Waals surface area contributed by atoms with Crippen molar-refractivity contribution in [2.24, 2.45) is 5.73 Å². The Hall–Kier alpha value is -3.95. The number of anilines is 3. The Morgan fingerprint density at radius 1 is 0.968 bits per heavy atom. The lowest BCUT2D eigenvalue weighted by Gasteiger charge is -2.23. The number of carbonyl (C=O) groups excluding carboxylic acids is 1. The molecule has 2 aromatic heterocycles. The van der Waals surface area contributed by atoms with Crippen molar-refractivity contribution in [3.8, 4) is 0 Å². The molecule has 0 unspecified atom stereocenters. The molecule has 4 aromatic rings. The minimum Gasteiger partial charge on any atom is -0.423 e. The van der Waals surface area contributed by atoms with Crippen LogP contribution in [0.3, 0.4) is 0 Å². The number of primary amides is 1. The van der Waals surface area contributed by atoms with Crippen LogP contribution in [-0.2, 0) is 6.18 Å². The summed E-state index contributed by atoms with van der Waals surface area (Å²) in [7, 11) is 0. The van der Waals surface area contributed by atoms with Gasteiger partial charge in [0.25, 0.3) is 5.91 Å². The Balaban J connectivity index is 2.01. The van der Waals surface area contributed by atoms with Crippen LogP contribution in [0.4, 0.5) is 30.8 Å². The topological polar surface area (TPSA) is 98.1 Å². The molecule has 0 spiro atoms. The third kappa shape index (κ3) is 3.67. The summed E-state index contributed by atoms with van der Waals surface area (Å²) >= 11 is 0. The Kier molecular flexibility index (Phi) is 4.84. The number of fused-ring (bicyclic) bond motifs is 1. The first-order chi connectivity index (χ1) is 14.7. The van der Waals surface area contributed by atoms with Crippen LogP contribution in [0.2, 0.25) is 0 Å². The number of rotatable bonds is 4. The maximum Gasteiger partial charge on any atom is 0.418 e.